The summed E-state index contributed by atoms with van der Waals surface area (Å²) in [5.41, 5.74) is -0.897. The van der Waals surface area contributed by atoms with Crippen LogP contribution in [0.3, 0.4) is 0 Å². The number of halogens is 1. The Kier molecular flexibility index (Phi) is 9.51. The third kappa shape index (κ3) is 6.58. The highest BCUT2D eigenvalue weighted by Crippen LogP contribution is 2.35. The molecule has 8 nitrogen and oxygen atoms in total. The Morgan fingerprint density at radius 3 is 2.71 bits per heavy atom. The summed E-state index contributed by atoms with van der Waals surface area (Å²) >= 11 is 1.08. The molecule has 3 saturated heterocycles. The number of allylic oxidation sites excluding steroid dienone is 1. The molecule has 0 saturated carbocycles. The summed E-state index contributed by atoms with van der Waals surface area (Å²) in [5, 5.41) is 37.9. The highest BCUT2D eigenvalue weighted by molar-refractivity contribution is 7.99. The van der Waals surface area contributed by atoms with Crippen LogP contribution in [0.4, 0.5) is 4.39 Å². The van der Waals surface area contributed by atoms with E-state index in [4.69, 9.17) is 9.47 Å². The first-order chi connectivity index (χ1) is 16.7. The lowest BCUT2D eigenvalue weighted by Crippen LogP contribution is -2.63. The number of amides is 1. The van der Waals surface area contributed by atoms with E-state index >= 15 is 0 Å². The number of carbonyl (C=O) groups is 1. The van der Waals surface area contributed by atoms with E-state index in [1.165, 1.54) is 0 Å². The molecule has 2 bridgehead atoms. The average Bonchev–Trinajstić information content (AvgIpc) is 3.08. The number of carbonyl (C=O) groups excluding carboxylic acids is 1. The van der Waals surface area contributed by atoms with Gasteiger partial charge in [-0.3, -0.25) is 4.79 Å². The summed E-state index contributed by atoms with van der Waals surface area (Å²) in [4.78, 5) is 13.4. The summed E-state index contributed by atoms with van der Waals surface area (Å²) in [6.07, 6.45) is 0.740. The van der Waals surface area contributed by atoms with Crippen LogP contribution in [0.1, 0.15) is 46.0 Å². The van der Waals surface area contributed by atoms with Crippen molar-refractivity contribution in [1.29, 1.82) is 0 Å². The van der Waals surface area contributed by atoms with Crippen molar-refractivity contribution in [2.24, 2.45) is 17.8 Å². The Balaban J connectivity index is 1.46. The zero-order valence-electron chi connectivity index (χ0n) is 20.6. The number of nitrogens with one attached hydrogen (secondary N) is 2. The van der Waals surface area contributed by atoms with Crippen molar-refractivity contribution >= 4 is 17.7 Å². The second kappa shape index (κ2) is 12.2. The van der Waals surface area contributed by atoms with Gasteiger partial charge in [-0.05, 0) is 49.9 Å². The molecular weight excluding hydrogens is 475 g/mol. The Morgan fingerprint density at radius 1 is 1.17 bits per heavy atom. The molecular formula is C25H41FN2O6S. The van der Waals surface area contributed by atoms with Gasteiger partial charge >= 0.3 is 0 Å². The molecule has 0 aromatic heterocycles. The van der Waals surface area contributed by atoms with Crippen LogP contribution in [0.5, 0.6) is 0 Å². The maximum absolute atomic E-state index is 14.2. The Hall–Kier alpha value is -0.750. The highest BCUT2D eigenvalue weighted by Gasteiger charge is 2.49. The Bertz CT molecular complexity index is 745. The van der Waals surface area contributed by atoms with Gasteiger partial charge in [0, 0.05) is 18.9 Å². The smallest absolute Gasteiger partial charge is 0.240 e. The maximum atomic E-state index is 14.2. The summed E-state index contributed by atoms with van der Waals surface area (Å²) in [5.74, 6) is 1.34. The fraction of sp³-hybridized carbons (Fsp3) is 0.880. The van der Waals surface area contributed by atoms with Crippen LogP contribution in [-0.2, 0) is 14.3 Å². The minimum absolute atomic E-state index is 0.100. The first-order valence-electron chi connectivity index (χ1n) is 13.0. The third-order valence-electron chi connectivity index (χ3n) is 7.67. The summed E-state index contributed by atoms with van der Waals surface area (Å²) < 4.78 is 26.3. The average molecular weight is 517 g/mol. The van der Waals surface area contributed by atoms with Crippen molar-refractivity contribution in [3.8, 4) is 0 Å². The van der Waals surface area contributed by atoms with Gasteiger partial charge in [-0.15, -0.1) is 11.8 Å². The molecule has 5 N–H and O–H groups in total. The molecule has 35 heavy (non-hydrogen) atoms. The summed E-state index contributed by atoms with van der Waals surface area (Å²) in [6.45, 7) is 5.81. The molecule has 1 amide bonds. The largest absolute Gasteiger partial charge is 0.388 e. The molecule has 0 unspecified atom stereocenters. The lowest BCUT2D eigenvalue weighted by atomic mass is 9.85. The lowest BCUT2D eigenvalue weighted by Gasteiger charge is -2.43. The van der Waals surface area contributed by atoms with Gasteiger partial charge in [-0.2, -0.15) is 0 Å². The maximum Gasteiger partial charge on any atom is 0.240 e. The predicted octanol–water partition coefficient (Wildman–Crippen LogP) is 1.13. The minimum atomic E-state index is -1.45. The van der Waals surface area contributed by atoms with E-state index in [1.807, 2.05) is 0 Å². The van der Waals surface area contributed by atoms with Crippen molar-refractivity contribution < 1.29 is 34.0 Å². The van der Waals surface area contributed by atoms with Crippen LogP contribution in [0.25, 0.3) is 0 Å². The molecule has 4 rings (SSSR count). The second-order valence-electron chi connectivity index (χ2n) is 10.9. The monoisotopic (exact) mass is 516 g/mol. The normalized spacial score (nSPS) is 45.7. The molecule has 11 atom stereocenters. The van der Waals surface area contributed by atoms with E-state index in [2.05, 4.69) is 24.5 Å². The zero-order chi connectivity index (χ0) is 25.1. The van der Waals surface area contributed by atoms with E-state index in [9.17, 15) is 24.5 Å². The van der Waals surface area contributed by atoms with Crippen LogP contribution in [0, 0.1) is 17.8 Å². The fourth-order valence-corrected chi connectivity index (χ4v) is 7.02. The van der Waals surface area contributed by atoms with Crippen molar-refractivity contribution in [2.45, 2.75) is 100 Å². The van der Waals surface area contributed by atoms with Gasteiger partial charge in [0.25, 0.3) is 0 Å². The predicted molar refractivity (Wildman–Crippen MR) is 132 cm³/mol. The van der Waals surface area contributed by atoms with Crippen LogP contribution in [0.15, 0.2) is 12.2 Å². The molecule has 0 aromatic rings. The van der Waals surface area contributed by atoms with Crippen molar-refractivity contribution in [3.05, 3.63) is 12.2 Å². The molecule has 10 heteroatoms. The Labute approximate surface area is 211 Å². The topological polar surface area (TPSA) is 120 Å². The zero-order valence-corrected chi connectivity index (χ0v) is 21.4. The SMILES string of the molecule is CC(C)C[C@@H]1CCO[C@@H]2[C@H](CN[C@@H]2C(=O)N[C@@H]2C/C=C\C[C@@H](F)CS[C@H]3O[C@H]2[C@H](O)[C@H](O)[C@H]3O)C1. The molecule has 4 aliphatic heterocycles. The van der Waals surface area contributed by atoms with Crippen molar-refractivity contribution in [3.63, 3.8) is 0 Å². The summed E-state index contributed by atoms with van der Waals surface area (Å²) in [7, 11) is 0. The van der Waals surface area contributed by atoms with Crippen molar-refractivity contribution in [2.75, 3.05) is 18.9 Å². The molecule has 200 valence electrons. The molecule has 0 aliphatic carbocycles. The Morgan fingerprint density at radius 2 is 1.94 bits per heavy atom. The highest BCUT2D eigenvalue weighted by atomic mass is 32.2. The quantitative estimate of drug-likeness (QED) is 0.353. The van der Waals surface area contributed by atoms with Gasteiger partial charge in [-0.1, -0.05) is 26.0 Å². The van der Waals surface area contributed by atoms with E-state index in [1.54, 1.807) is 12.2 Å². The van der Waals surface area contributed by atoms with Gasteiger partial charge in [0.2, 0.25) is 5.91 Å². The van der Waals surface area contributed by atoms with Crippen LogP contribution < -0.4 is 10.6 Å². The van der Waals surface area contributed by atoms with E-state index in [-0.39, 0.29) is 30.1 Å². The van der Waals surface area contributed by atoms with Gasteiger partial charge in [0.1, 0.15) is 42.1 Å². The number of rotatable bonds is 4. The molecule has 4 aliphatic rings. The number of alkyl halides is 1. The van der Waals surface area contributed by atoms with Crippen LogP contribution in [-0.4, -0.2) is 94.3 Å². The second-order valence-corrected chi connectivity index (χ2v) is 12.1. The van der Waals surface area contributed by atoms with Crippen molar-refractivity contribution in [1.82, 2.24) is 10.6 Å². The number of aliphatic hydroxyl groups excluding tert-OH is 3. The van der Waals surface area contributed by atoms with E-state index in [0.29, 0.717) is 31.4 Å². The van der Waals surface area contributed by atoms with Crippen LogP contribution >= 0.6 is 11.8 Å². The summed E-state index contributed by atoms with van der Waals surface area (Å²) in [6, 6.07) is -1.17. The lowest BCUT2D eigenvalue weighted by molar-refractivity contribution is -0.205. The molecule has 0 radical (unpaired) electrons. The fourth-order valence-electron chi connectivity index (χ4n) is 5.92. The number of aliphatic hydroxyl groups is 3. The third-order valence-corrected chi connectivity index (χ3v) is 8.95. The van der Waals surface area contributed by atoms with E-state index < -0.39 is 48.1 Å². The number of fused-ring (bicyclic) bond motifs is 3. The number of ether oxygens (including phenoxy) is 2. The molecule has 0 aromatic carbocycles. The number of hydrogen-bond acceptors (Lipinski definition) is 8. The van der Waals surface area contributed by atoms with E-state index in [0.717, 1.165) is 31.0 Å². The number of thioether (sulfide) groups is 1. The van der Waals surface area contributed by atoms with Gasteiger partial charge < -0.3 is 35.4 Å². The first kappa shape index (κ1) is 27.3. The number of hydrogen-bond donors (Lipinski definition) is 5. The molecule has 0 spiro atoms. The standard InChI is InChI=1S/C25H41FN2O6S/c1-13(2)9-14-7-8-33-22-15(10-14)11-27-18(22)24(32)28-17-6-4-3-5-16(26)12-35-25-21(31)19(29)20(30)23(17)34-25/h3-4,13-23,25,27,29-31H,5-12H2,1-2H3,(H,28,32)/b4-3-/t14-,15-,16+,17+,18-,19-,20+,21+,22+,23+,25+/m0/s1. The first-order valence-corrected chi connectivity index (χ1v) is 14.0. The van der Waals surface area contributed by atoms with Gasteiger partial charge in [0.15, 0.2) is 0 Å². The molecule has 3 fully saturated rings. The molecule has 4 heterocycles. The van der Waals surface area contributed by atoms with Gasteiger partial charge in [0.05, 0.1) is 12.1 Å². The van der Waals surface area contributed by atoms with Gasteiger partial charge in [-0.25, -0.2) is 4.39 Å². The minimum Gasteiger partial charge on any atom is -0.388 e. The van der Waals surface area contributed by atoms with Crippen LogP contribution in [0.2, 0.25) is 0 Å².